The summed E-state index contributed by atoms with van der Waals surface area (Å²) in [6, 6.07) is 0.617. The largest absolute Gasteiger partial charge is 0.382 e. The number of halogens is 1. The van der Waals surface area contributed by atoms with Crippen LogP contribution in [0.1, 0.15) is 26.7 Å². The van der Waals surface area contributed by atoms with Gasteiger partial charge in [0.25, 0.3) is 0 Å². The van der Waals surface area contributed by atoms with Gasteiger partial charge in [0.05, 0.1) is 0 Å². The molecule has 74 valence electrons. The molecule has 0 aromatic carbocycles. The molecule has 0 aliphatic heterocycles. The fraction of sp³-hybridized carbons (Fsp3) is 1.00. The third kappa shape index (κ3) is 8.50. The monoisotopic (exact) mass is 237 g/mol. The molecule has 1 N–H and O–H groups in total. The molecule has 0 bridgehead atoms. The Kier molecular flexibility index (Phi) is 9.80. The van der Waals surface area contributed by atoms with E-state index in [1.807, 2.05) is 6.92 Å². The standard InChI is InChI=1S/C9H20BrNO/c1-3-12-8-4-7-11-9(2)5-6-10/h9,11H,3-8H2,1-2H3. The van der Waals surface area contributed by atoms with Crippen molar-refractivity contribution in [2.24, 2.45) is 0 Å². The molecule has 0 saturated heterocycles. The molecule has 0 heterocycles. The summed E-state index contributed by atoms with van der Waals surface area (Å²) in [6.07, 6.45) is 2.30. The van der Waals surface area contributed by atoms with Gasteiger partial charge < -0.3 is 10.1 Å². The number of alkyl halides is 1. The van der Waals surface area contributed by atoms with Crippen molar-refractivity contribution in [1.29, 1.82) is 0 Å². The number of ether oxygens (including phenoxy) is 1. The van der Waals surface area contributed by atoms with Crippen molar-refractivity contribution in [1.82, 2.24) is 5.32 Å². The van der Waals surface area contributed by atoms with Gasteiger partial charge in [-0.3, -0.25) is 0 Å². The molecule has 1 atom stereocenters. The maximum Gasteiger partial charge on any atom is 0.0477 e. The lowest BCUT2D eigenvalue weighted by molar-refractivity contribution is 0.144. The molecule has 1 unspecified atom stereocenters. The molecule has 0 aromatic heterocycles. The van der Waals surface area contributed by atoms with Crippen LogP contribution in [0.4, 0.5) is 0 Å². The maximum absolute atomic E-state index is 5.23. The van der Waals surface area contributed by atoms with E-state index in [2.05, 4.69) is 28.2 Å². The normalized spacial score (nSPS) is 13.2. The molecule has 0 radical (unpaired) electrons. The summed E-state index contributed by atoms with van der Waals surface area (Å²) in [4.78, 5) is 0. The second-order valence-electron chi connectivity index (χ2n) is 2.88. The van der Waals surface area contributed by atoms with Crippen molar-refractivity contribution in [3.63, 3.8) is 0 Å². The lowest BCUT2D eigenvalue weighted by Crippen LogP contribution is -2.27. The molecule has 0 aliphatic carbocycles. The van der Waals surface area contributed by atoms with Gasteiger partial charge in [-0.05, 0) is 33.2 Å². The Balaban J connectivity index is 2.97. The minimum Gasteiger partial charge on any atom is -0.382 e. The summed E-state index contributed by atoms with van der Waals surface area (Å²) in [7, 11) is 0. The van der Waals surface area contributed by atoms with Gasteiger partial charge in [-0.1, -0.05) is 15.9 Å². The van der Waals surface area contributed by atoms with E-state index in [-0.39, 0.29) is 0 Å². The lowest BCUT2D eigenvalue weighted by atomic mass is 10.2. The van der Waals surface area contributed by atoms with Gasteiger partial charge in [-0.15, -0.1) is 0 Å². The van der Waals surface area contributed by atoms with Crippen LogP contribution >= 0.6 is 15.9 Å². The summed E-state index contributed by atoms with van der Waals surface area (Å²) in [6.45, 7) is 7.01. The van der Waals surface area contributed by atoms with Gasteiger partial charge in [0, 0.05) is 24.6 Å². The molecule has 0 saturated carbocycles. The Morgan fingerprint density at radius 2 is 2.25 bits per heavy atom. The fourth-order valence-electron chi connectivity index (χ4n) is 0.933. The maximum atomic E-state index is 5.23. The van der Waals surface area contributed by atoms with Crippen LogP contribution in [0.15, 0.2) is 0 Å². The van der Waals surface area contributed by atoms with Gasteiger partial charge in [0.1, 0.15) is 0 Å². The third-order valence-corrected chi connectivity index (χ3v) is 2.16. The summed E-state index contributed by atoms with van der Waals surface area (Å²) in [5, 5.41) is 4.51. The summed E-state index contributed by atoms with van der Waals surface area (Å²) in [5.41, 5.74) is 0. The first-order chi connectivity index (χ1) is 5.81. The van der Waals surface area contributed by atoms with Crippen LogP contribution in [0.5, 0.6) is 0 Å². The first-order valence-electron chi connectivity index (χ1n) is 4.68. The molecular formula is C9H20BrNO. The Morgan fingerprint density at radius 3 is 2.83 bits per heavy atom. The second kappa shape index (κ2) is 9.49. The molecule has 0 amide bonds. The molecular weight excluding hydrogens is 218 g/mol. The van der Waals surface area contributed by atoms with Crippen molar-refractivity contribution in [2.75, 3.05) is 25.1 Å². The molecule has 0 spiro atoms. The molecule has 0 aromatic rings. The number of rotatable bonds is 8. The number of hydrogen-bond donors (Lipinski definition) is 1. The van der Waals surface area contributed by atoms with E-state index in [0.717, 1.165) is 31.5 Å². The van der Waals surface area contributed by atoms with Gasteiger partial charge in [0.2, 0.25) is 0 Å². The summed E-state index contributed by atoms with van der Waals surface area (Å²) < 4.78 is 5.23. The third-order valence-electron chi connectivity index (χ3n) is 1.70. The van der Waals surface area contributed by atoms with Crippen LogP contribution in [-0.4, -0.2) is 31.1 Å². The molecule has 12 heavy (non-hydrogen) atoms. The van der Waals surface area contributed by atoms with Crippen molar-refractivity contribution >= 4 is 15.9 Å². The first kappa shape index (κ1) is 12.4. The highest BCUT2D eigenvalue weighted by molar-refractivity contribution is 9.09. The predicted molar refractivity (Wildman–Crippen MR) is 57.0 cm³/mol. The van der Waals surface area contributed by atoms with Gasteiger partial charge >= 0.3 is 0 Å². The highest BCUT2D eigenvalue weighted by atomic mass is 79.9. The van der Waals surface area contributed by atoms with E-state index in [1.54, 1.807) is 0 Å². The summed E-state index contributed by atoms with van der Waals surface area (Å²) >= 11 is 3.42. The van der Waals surface area contributed by atoms with Crippen LogP contribution in [0.2, 0.25) is 0 Å². The smallest absolute Gasteiger partial charge is 0.0477 e. The zero-order chi connectivity index (χ0) is 9.23. The van der Waals surface area contributed by atoms with Crippen molar-refractivity contribution in [3.8, 4) is 0 Å². The first-order valence-corrected chi connectivity index (χ1v) is 5.80. The second-order valence-corrected chi connectivity index (χ2v) is 3.68. The molecule has 2 nitrogen and oxygen atoms in total. The van der Waals surface area contributed by atoms with Crippen LogP contribution in [0.3, 0.4) is 0 Å². The quantitative estimate of drug-likeness (QED) is 0.517. The average Bonchev–Trinajstić information content (AvgIpc) is 2.05. The van der Waals surface area contributed by atoms with E-state index in [9.17, 15) is 0 Å². The zero-order valence-corrected chi connectivity index (χ0v) is 9.69. The van der Waals surface area contributed by atoms with Crippen LogP contribution in [0, 0.1) is 0 Å². The zero-order valence-electron chi connectivity index (χ0n) is 8.11. The number of nitrogens with one attached hydrogen (secondary N) is 1. The van der Waals surface area contributed by atoms with Crippen LogP contribution in [-0.2, 0) is 4.74 Å². The highest BCUT2D eigenvalue weighted by Crippen LogP contribution is 1.94. The minimum atomic E-state index is 0.617. The lowest BCUT2D eigenvalue weighted by Gasteiger charge is -2.11. The number of hydrogen-bond acceptors (Lipinski definition) is 2. The van der Waals surface area contributed by atoms with Crippen LogP contribution < -0.4 is 5.32 Å². The van der Waals surface area contributed by atoms with E-state index >= 15 is 0 Å². The summed E-state index contributed by atoms with van der Waals surface area (Å²) in [5.74, 6) is 0. The fourth-order valence-corrected chi connectivity index (χ4v) is 1.62. The Bertz CT molecular complexity index is 90.6. The van der Waals surface area contributed by atoms with E-state index in [1.165, 1.54) is 6.42 Å². The SMILES string of the molecule is CCOCCCNC(C)CCBr. The Hall–Kier alpha value is 0.400. The Morgan fingerprint density at radius 1 is 1.50 bits per heavy atom. The van der Waals surface area contributed by atoms with Crippen molar-refractivity contribution in [3.05, 3.63) is 0 Å². The predicted octanol–water partition coefficient (Wildman–Crippen LogP) is 2.18. The topological polar surface area (TPSA) is 21.3 Å². The molecule has 0 fully saturated rings. The van der Waals surface area contributed by atoms with Crippen LogP contribution in [0.25, 0.3) is 0 Å². The van der Waals surface area contributed by atoms with E-state index in [0.29, 0.717) is 6.04 Å². The van der Waals surface area contributed by atoms with Gasteiger partial charge in [0.15, 0.2) is 0 Å². The highest BCUT2D eigenvalue weighted by Gasteiger charge is 1.97. The van der Waals surface area contributed by atoms with E-state index in [4.69, 9.17) is 4.74 Å². The van der Waals surface area contributed by atoms with Gasteiger partial charge in [-0.25, -0.2) is 0 Å². The minimum absolute atomic E-state index is 0.617. The van der Waals surface area contributed by atoms with Gasteiger partial charge in [-0.2, -0.15) is 0 Å². The van der Waals surface area contributed by atoms with Crippen molar-refractivity contribution in [2.45, 2.75) is 32.7 Å². The molecule has 3 heteroatoms. The average molecular weight is 238 g/mol. The van der Waals surface area contributed by atoms with Crippen molar-refractivity contribution < 1.29 is 4.74 Å². The molecule has 0 rings (SSSR count). The Labute approximate surface area is 84.2 Å². The van der Waals surface area contributed by atoms with E-state index < -0.39 is 0 Å². The molecule has 0 aliphatic rings.